The van der Waals surface area contributed by atoms with Crippen LogP contribution in [0.5, 0.6) is 0 Å². The minimum Gasteiger partial charge on any atom is -0.333 e. The third-order valence-electron chi connectivity index (χ3n) is 3.98. The van der Waals surface area contributed by atoms with Gasteiger partial charge in [0.1, 0.15) is 0 Å². The first kappa shape index (κ1) is 13.0. The second-order valence-corrected chi connectivity index (χ2v) is 5.29. The zero-order valence-electron chi connectivity index (χ0n) is 11.9. The number of piperidine rings is 1. The first-order valence-corrected chi connectivity index (χ1v) is 7.20. The molecule has 1 fully saturated rings. The van der Waals surface area contributed by atoms with Crippen molar-refractivity contribution in [1.29, 1.82) is 0 Å². The zero-order valence-corrected chi connectivity index (χ0v) is 11.9. The van der Waals surface area contributed by atoms with Gasteiger partial charge in [0.15, 0.2) is 0 Å². The third kappa shape index (κ3) is 2.15. The van der Waals surface area contributed by atoms with Gasteiger partial charge in [-0.05, 0) is 38.7 Å². The molecule has 106 valence electrons. The van der Waals surface area contributed by atoms with Gasteiger partial charge in [0.05, 0.1) is 0 Å². The van der Waals surface area contributed by atoms with Crippen LogP contribution in [0.25, 0.3) is 5.78 Å². The van der Waals surface area contributed by atoms with Crippen molar-refractivity contribution in [3.8, 4) is 0 Å². The molecule has 3 heterocycles. The first-order chi connectivity index (χ1) is 9.70. The number of carbonyl (C=O) groups is 1. The molecule has 1 unspecified atom stereocenters. The van der Waals surface area contributed by atoms with Crippen LogP contribution in [-0.2, 0) is 0 Å². The predicted octanol–water partition coefficient (Wildman–Crippen LogP) is 1.84. The van der Waals surface area contributed by atoms with E-state index in [2.05, 4.69) is 22.0 Å². The Labute approximate surface area is 117 Å². The fourth-order valence-electron chi connectivity index (χ4n) is 2.82. The van der Waals surface area contributed by atoms with Crippen LogP contribution in [0, 0.1) is 6.92 Å². The molecule has 1 amide bonds. The van der Waals surface area contributed by atoms with Crippen LogP contribution in [0.3, 0.4) is 0 Å². The second kappa shape index (κ2) is 5.19. The maximum Gasteiger partial charge on any atom is 0.293 e. The maximum absolute atomic E-state index is 12.6. The highest BCUT2D eigenvalue weighted by atomic mass is 16.2. The number of amides is 1. The average Bonchev–Trinajstić information content (AvgIpc) is 2.92. The summed E-state index contributed by atoms with van der Waals surface area (Å²) in [5.41, 5.74) is 0.923. The fraction of sp³-hybridized carbons (Fsp3) is 0.571. The summed E-state index contributed by atoms with van der Waals surface area (Å²) in [5, 5.41) is 4.31. The van der Waals surface area contributed by atoms with E-state index in [0.29, 0.717) is 11.8 Å². The van der Waals surface area contributed by atoms with E-state index in [1.807, 2.05) is 17.9 Å². The van der Waals surface area contributed by atoms with Crippen molar-refractivity contribution in [2.24, 2.45) is 0 Å². The van der Waals surface area contributed by atoms with Gasteiger partial charge in [-0.1, -0.05) is 6.92 Å². The van der Waals surface area contributed by atoms with Gasteiger partial charge in [-0.2, -0.15) is 4.98 Å². The summed E-state index contributed by atoms with van der Waals surface area (Å²) >= 11 is 0. The highest BCUT2D eigenvalue weighted by molar-refractivity contribution is 5.91. The molecule has 6 nitrogen and oxygen atoms in total. The molecule has 1 saturated heterocycles. The van der Waals surface area contributed by atoms with Gasteiger partial charge in [0.2, 0.25) is 5.82 Å². The number of nitrogens with zero attached hydrogens (tertiary/aromatic N) is 5. The Morgan fingerprint density at radius 2 is 2.30 bits per heavy atom. The summed E-state index contributed by atoms with van der Waals surface area (Å²) in [6.07, 6.45) is 6.00. The monoisotopic (exact) mass is 273 g/mol. The number of hydrogen-bond donors (Lipinski definition) is 0. The van der Waals surface area contributed by atoms with Crippen LogP contribution in [0.2, 0.25) is 0 Å². The van der Waals surface area contributed by atoms with E-state index >= 15 is 0 Å². The van der Waals surface area contributed by atoms with Crippen molar-refractivity contribution in [2.45, 2.75) is 45.6 Å². The van der Waals surface area contributed by atoms with Crippen molar-refractivity contribution >= 4 is 11.7 Å². The third-order valence-corrected chi connectivity index (χ3v) is 3.98. The molecule has 1 aliphatic rings. The molecule has 0 N–H and O–H groups in total. The van der Waals surface area contributed by atoms with Crippen LogP contribution >= 0.6 is 0 Å². The summed E-state index contributed by atoms with van der Waals surface area (Å²) in [5.74, 6) is 0.673. The molecule has 0 radical (unpaired) electrons. The highest BCUT2D eigenvalue weighted by Gasteiger charge is 2.28. The lowest BCUT2D eigenvalue weighted by atomic mass is 10.00. The number of likely N-dealkylation sites (tertiary alicyclic amines) is 1. The number of carbonyl (C=O) groups excluding carboxylic acids is 1. The van der Waals surface area contributed by atoms with Gasteiger partial charge >= 0.3 is 0 Å². The first-order valence-electron chi connectivity index (χ1n) is 7.20. The summed E-state index contributed by atoms with van der Waals surface area (Å²) < 4.78 is 1.62. The quantitative estimate of drug-likeness (QED) is 0.837. The molecule has 0 aromatic carbocycles. The summed E-state index contributed by atoms with van der Waals surface area (Å²) in [7, 11) is 0. The molecule has 0 bridgehead atoms. The van der Waals surface area contributed by atoms with Gasteiger partial charge in [-0.3, -0.25) is 4.79 Å². The normalized spacial score (nSPS) is 19.5. The molecule has 2 aromatic rings. The van der Waals surface area contributed by atoms with Gasteiger partial charge in [0.25, 0.3) is 11.7 Å². The minimum atomic E-state index is -0.0681. The number of aromatic nitrogens is 4. The van der Waals surface area contributed by atoms with E-state index in [1.165, 1.54) is 6.42 Å². The van der Waals surface area contributed by atoms with Crippen LogP contribution in [-0.4, -0.2) is 43.0 Å². The predicted molar refractivity (Wildman–Crippen MR) is 74.5 cm³/mol. The topological polar surface area (TPSA) is 63.4 Å². The molecule has 2 aromatic heterocycles. The van der Waals surface area contributed by atoms with E-state index in [0.717, 1.165) is 31.5 Å². The molecule has 0 spiro atoms. The lowest BCUT2D eigenvalue weighted by Crippen LogP contribution is -2.43. The summed E-state index contributed by atoms with van der Waals surface area (Å²) in [6, 6.07) is 2.17. The van der Waals surface area contributed by atoms with Crippen molar-refractivity contribution < 1.29 is 4.79 Å². The second-order valence-electron chi connectivity index (χ2n) is 5.29. The lowest BCUT2D eigenvalue weighted by Gasteiger charge is -2.34. The fourth-order valence-corrected chi connectivity index (χ4v) is 2.82. The van der Waals surface area contributed by atoms with Crippen molar-refractivity contribution in [3.05, 3.63) is 23.8 Å². The molecular weight excluding hydrogens is 254 g/mol. The van der Waals surface area contributed by atoms with Gasteiger partial charge in [-0.15, -0.1) is 5.10 Å². The van der Waals surface area contributed by atoms with Crippen molar-refractivity contribution in [2.75, 3.05) is 6.54 Å². The van der Waals surface area contributed by atoms with Gasteiger partial charge in [0, 0.05) is 24.5 Å². The Kier molecular flexibility index (Phi) is 3.38. The van der Waals surface area contributed by atoms with Crippen molar-refractivity contribution in [1.82, 2.24) is 24.5 Å². The molecule has 1 aliphatic heterocycles. The van der Waals surface area contributed by atoms with E-state index in [9.17, 15) is 4.79 Å². The Hall–Kier alpha value is -1.98. The Bertz CT molecular complexity index is 636. The standard InChI is InChI=1S/C14H19N5O/c1-3-11-6-4-5-9-18(11)13(20)12-16-14-15-8-7-10(2)19(14)17-12/h7-8,11H,3-6,9H2,1-2H3. The largest absolute Gasteiger partial charge is 0.333 e. The number of rotatable bonds is 2. The molecule has 0 aliphatic carbocycles. The SMILES string of the molecule is CCC1CCCCN1C(=O)c1nc2nccc(C)n2n1. The number of hydrogen-bond acceptors (Lipinski definition) is 4. The summed E-state index contributed by atoms with van der Waals surface area (Å²) in [4.78, 5) is 22.9. The van der Waals surface area contributed by atoms with E-state index in [4.69, 9.17) is 0 Å². The molecule has 20 heavy (non-hydrogen) atoms. The molecule has 6 heteroatoms. The van der Waals surface area contributed by atoms with Gasteiger partial charge in [-0.25, -0.2) is 9.50 Å². The zero-order chi connectivity index (χ0) is 14.1. The number of aryl methyl sites for hydroxylation is 1. The lowest BCUT2D eigenvalue weighted by molar-refractivity contribution is 0.0595. The smallest absolute Gasteiger partial charge is 0.293 e. The molecular formula is C14H19N5O. The molecule has 0 saturated carbocycles. The maximum atomic E-state index is 12.6. The number of fused-ring (bicyclic) bond motifs is 1. The highest BCUT2D eigenvalue weighted by Crippen LogP contribution is 2.21. The molecule has 3 rings (SSSR count). The van der Waals surface area contributed by atoms with Crippen LogP contribution < -0.4 is 0 Å². The Balaban J connectivity index is 1.93. The Morgan fingerprint density at radius 3 is 3.05 bits per heavy atom. The van der Waals surface area contributed by atoms with E-state index in [1.54, 1.807) is 10.7 Å². The summed E-state index contributed by atoms with van der Waals surface area (Å²) in [6.45, 7) is 4.85. The minimum absolute atomic E-state index is 0.0681. The Morgan fingerprint density at radius 1 is 1.45 bits per heavy atom. The van der Waals surface area contributed by atoms with E-state index < -0.39 is 0 Å². The van der Waals surface area contributed by atoms with Crippen LogP contribution in [0.1, 0.15) is 48.9 Å². The van der Waals surface area contributed by atoms with E-state index in [-0.39, 0.29) is 11.7 Å². The van der Waals surface area contributed by atoms with Crippen LogP contribution in [0.15, 0.2) is 12.3 Å². The average molecular weight is 273 g/mol. The van der Waals surface area contributed by atoms with Gasteiger partial charge < -0.3 is 4.90 Å². The van der Waals surface area contributed by atoms with Crippen molar-refractivity contribution in [3.63, 3.8) is 0 Å². The van der Waals surface area contributed by atoms with Crippen LogP contribution in [0.4, 0.5) is 0 Å². The molecule has 1 atom stereocenters.